The fraction of sp³-hybridized carbons (Fsp3) is 0.133. The van der Waals surface area contributed by atoms with Crippen LogP contribution in [0.25, 0.3) is 0 Å². The van der Waals surface area contributed by atoms with Gasteiger partial charge in [-0.25, -0.2) is 0 Å². The van der Waals surface area contributed by atoms with Crippen molar-refractivity contribution >= 4 is 11.6 Å². The van der Waals surface area contributed by atoms with Gasteiger partial charge in [0.2, 0.25) is 0 Å². The molecule has 2 rings (SSSR count). The molecule has 0 atom stereocenters. The van der Waals surface area contributed by atoms with Crippen LogP contribution < -0.4 is 10.6 Å². The summed E-state index contributed by atoms with van der Waals surface area (Å²) in [6.07, 6.45) is 1.59. The summed E-state index contributed by atoms with van der Waals surface area (Å²) in [7, 11) is 1.79. The molecule has 0 spiro atoms. The highest BCUT2D eigenvalue weighted by Gasteiger charge is 2.07. The summed E-state index contributed by atoms with van der Waals surface area (Å²) in [4.78, 5) is 16.0. The van der Waals surface area contributed by atoms with Gasteiger partial charge in [0.05, 0.1) is 11.6 Å². The number of carbonyl (C=O) groups is 1. The van der Waals surface area contributed by atoms with Crippen LogP contribution in [0.2, 0.25) is 0 Å². The van der Waals surface area contributed by atoms with Crippen molar-refractivity contribution in [3.05, 3.63) is 59.4 Å². The number of pyridine rings is 1. The quantitative estimate of drug-likeness (QED) is 0.886. The predicted molar refractivity (Wildman–Crippen MR) is 76.1 cm³/mol. The summed E-state index contributed by atoms with van der Waals surface area (Å²) in [5, 5.41) is 14.5. The smallest absolute Gasteiger partial charge is 0.270 e. The molecule has 1 aromatic heterocycles. The Morgan fingerprint density at radius 1 is 1.30 bits per heavy atom. The van der Waals surface area contributed by atoms with E-state index in [2.05, 4.69) is 21.7 Å². The molecule has 2 N–H and O–H groups in total. The second kappa shape index (κ2) is 6.34. The summed E-state index contributed by atoms with van der Waals surface area (Å²) < 4.78 is 0. The Bertz CT molecular complexity index is 644. The molecule has 0 fully saturated rings. The molecule has 1 heterocycles. The van der Waals surface area contributed by atoms with Crippen molar-refractivity contribution in [3.8, 4) is 6.07 Å². The van der Waals surface area contributed by atoms with Crippen molar-refractivity contribution in [2.75, 3.05) is 12.4 Å². The molecule has 1 amide bonds. The second-order valence-electron chi connectivity index (χ2n) is 4.17. The molecule has 0 aliphatic rings. The largest absolute Gasteiger partial charge is 0.388 e. The Morgan fingerprint density at radius 2 is 2.05 bits per heavy atom. The number of anilines is 1. The van der Waals surface area contributed by atoms with Crippen LogP contribution in [-0.2, 0) is 6.54 Å². The number of amides is 1. The molecule has 0 radical (unpaired) electrons. The topological polar surface area (TPSA) is 77.8 Å². The number of nitrogens with one attached hydrogen (secondary N) is 2. The van der Waals surface area contributed by atoms with E-state index in [1.807, 2.05) is 12.1 Å². The Balaban J connectivity index is 1.99. The highest BCUT2D eigenvalue weighted by atomic mass is 16.1. The van der Waals surface area contributed by atoms with E-state index in [1.165, 1.54) is 0 Å². The second-order valence-corrected chi connectivity index (χ2v) is 4.17. The Kier molecular flexibility index (Phi) is 4.30. The lowest BCUT2D eigenvalue weighted by molar-refractivity contribution is 0.0946. The fourth-order valence-electron chi connectivity index (χ4n) is 1.68. The SMILES string of the molecule is CNc1ccnc(C(=O)NCc2ccc(C#N)cc2)c1. The van der Waals surface area contributed by atoms with Crippen LogP contribution in [-0.4, -0.2) is 17.9 Å². The summed E-state index contributed by atoms with van der Waals surface area (Å²) in [5.74, 6) is -0.230. The van der Waals surface area contributed by atoms with Crippen molar-refractivity contribution in [2.45, 2.75) is 6.54 Å². The van der Waals surface area contributed by atoms with Gasteiger partial charge in [0, 0.05) is 25.5 Å². The van der Waals surface area contributed by atoms with Crippen LogP contribution >= 0.6 is 0 Å². The lowest BCUT2D eigenvalue weighted by atomic mass is 10.1. The molecule has 0 aliphatic carbocycles. The third-order valence-electron chi connectivity index (χ3n) is 2.82. The normalized spacial score (nSPS) is 9.60. The highest BCUT2D eigenvalue weighted by molar-refractivity contribution is 5.93. The van der Waals surface area contributed by atoms with Crippen molar-refractivity contribution in [3.63, 3.8) is 0 Å². The molecule has 0 aliphatic heterocycles. The van der Waals surface area contributed by atoms with E-state index in [-0.39, 0.29) is 5.91 Å². The van der Waals surface area contributed by atoms with E-state index in [4.69, 9.17) is 5.26 Å². The molecule has 5 nitrogen and oxygen atoms in total. The first kappa shape index (κ1) is 13.6. The van der Waals surface area contributed by atoms with Crippen LogP contribution in [0.1, 0.15) is 21.6 Å². The monoisotopic (exact) mass is 266 g/mol. The number of hydrogen-bond donors (Lipinski definition) is 2. The molecule has 2 aromatic rings. The van der Waals surface area contributed by atoms with Gasteiger partial charge in [-0.1, -0.05) is 12.1 Å². The zero-order valence-corrected chi connectivity index (χ0v) is 11.1. The van der Waals surface area contributed by atoms with E-state index in [9.17, 15) is 4.79 Å². The van der Waals surface area contributed by atoms with Crippen LogP contribution in [0.3, 0.4) is 0 Å². The molecular formula is C15H14N4O. The zero-order chi connectivity index (χ0) is 14.4. The molecule has 0 unspecified atom stereocenters. The Morgan fingerprint density at radius 3 is 2.70 bits per heavy atom. The maximum Gasteiger partial charge on any atom is 0.270 e. The van der Waals surface area contributed by atoms with Gasteiger partial charge in [0.25, 0.3) is 5.91 Å². The van der Waals surface area contributed by atoms with Gasteiger partial charge in [-0.15, -0.1) is 0 Å². The minimum Gasteiger partial charge on any atom is -0.388 e. The number of benzene rings is 1. The van der Waals surface area contributed by atoms with E-state index in [1.54, 1.807) is 37.5 Å². The van der Waals surface area contributed by atoms with Gasteiger partial charge >= 0.3 is 0 Å². The van der Waals surface area contributed by atoms with Gasteiger partial charge in [-0.3, -0.25) is 9.78 Å². The molecule has 0 saturated heterocycles. The minimum atomic E-state index is -0.230. The maximum atomic E-state index is 12.0. The molecule has 5 heteroatoms. The van der Waals surface area contributed by atoms with E-state index < -0.39 is 0 Å². The molecule has 20 heavy (non-hydrogen) atoms. The van der Waals surface area contributed by atoms with Crippen LogP contribution in [0.5, 0.6) is 0 Å². The summed E-state index contributed by atoms with van der Waals surface area (Å²) in [6, 6.07) is 12.6. The standard InChI is InChI=1S/C15H14N4O/c1-17-13-6-7-18-14(8-13)15(20)19-10-12-4-2-11(9-16)3-5-12/h2-8H,10H2,1H3,(H,17,18)(H,19,20). The lowest BCUT2D eigenvalue weighted by Crippen LogP contribution is -2.23. The first-order chi connectivity index (χ1) is 9.72. The van der Waals surface area contributed by atoms with Crippen molar-refractivity contribution in [1.29, 1.82) is 5.26 Å². The van der Waals surface area contributed by atoms with Crippen LogP contribution in [0, 0.1) is 11.3 Å². The highest BCUT2D eigenvalue weighted by Crippen LogP contribution is 2.07. The average Bonchev–Trinajstić information content (AvgIpc) is 2.53. The number of nitriles is 1. The molecular weight excluding hydrogens is 252 g/mol. The third kappa shape index (κ3) is 3.33. The van der Waals surface area contributed by atoms with Gasteiger partial charge in [-0.05, 0) is 29.8 Å². The van der Waals surface area contributed by atoms with Gasteiger partial charge in [0.1, 0.15) is 5.69 Å². The number of aromatic nitrogens is 1. The zero-order valence-electron chi connectivity index (χ0n) is 11.1. The van der Waals surface area contributed by atoms with Gasteiger partial charge in [0.15, 0.2) is 0 Å². The number of carbonyl (C=O) groups excluding carboxylic acids is 1. The van der Waals surface area contributed by atoms with Crippen molar-refractivity contribution in [1.82, 2.24) is 10.3 Å². The predicted octanol–water partition coefficient (Wildman–Crippen LogP) is 1.92. The molecule has 100 valence electrons. The van der Waals surface area contributed by atoms with E-state index in [0.29, 0.717) is 17.8 Å². The number of nitrogens with zero attached hydrogens (tertiary/aromatic N) is 2. The summed E-state index contributed by atoms with van der Waals surface area (Å²) in [6.45, 7) is 0.399. The third-order valence-corrected chi connectivity index (χ3v) is 2.82. The van der Waals surface area contributed by atoms with Gasteiger partial charge in [-0.2, -0.15) is 5.26 Å². The van der Waals surface area contributed by atoms with E-state index >= 15 is 0 Å². The van der Waals surface area contributed by atoms with Crippen LogP contribution in [0.4, 0.5) is 5.69 Å². The van der Waals surface area contributed by atoms with Gasteiger partial charge < -0.3 is 10.6 Å². The first-order valence-corrected chi connectivity index (χ1v) is 6.14. The summed E-state index contributed by atoms with van der Waals surface area (Å²) >= 11 is 0. The fourth-order valence-corrected chi connectivity index (χ4v) is 1.68. The average molecular weight is 266 g/mol. The van der Waals surface area contributed by atoms with Crippen molar-refractivity contribution in [2.24, 2.45) is 0 Å². The van der Waals surface area contributed by atoms with Crippen molar-refractivity contribution < 1.29 is 4.79 Å². The minimum absolute atomic E-state index is 0.230. The molecule has 0 bridgehead atoms. The van der Waals surface area contributed by atoms with E-state index in [0.717, 1.165) is 11.3 Å². The Labute approximate surface area is 117 Å². The first-order valence-electron chi connectivity index (χ1n) is 6.14. The maximum absolute atomic E-state index is 12.0. The number of rotatable bonds is 4. The molecule has 1 aromatic carbocycles. The number of hydrogen-bond acceptors (Lipinski definition) is 4. The van der Waals surface area contributed by atoms with Crippen LogP contribution in [0.15, 0.2) is 42.6 Å². The molecule has 0 saturated carbocycles. The Hall–Kier alpha value is -2.87. The summed E-state index contributed by atoms with van der Waals surface area (Å²) in [5.41, 5.74) is 2.74. The lowest BCUT2D eigenvalue weighted by Gasteiger charge is -2.06.